The monoisotopic (exact) mass is 399 g/mol. The zero-order valence-corrected chi connectivity index (χ0v) is 16.6. The molecule has 6 heteroatoms. The van der Waals surface area contributed by atoms with E-state index in [2.05, 4.69) is 12.1 Å². The fourth-order valence-corrected chi connectivity index (χ4v) is 3.66. The molecule has 0 spiro atoms. The molecular formula is C23H29NO5. The van der Waals surface area contributed by atoms with Crippen molar-refractivity contribution in [1.82, 2.24) is 4.90 Å². The van der Waals surface area contributed by atoms with Crippen LogP contribution in [0.15, 0.2) is 54.6 Å². The molecule has 0 bridgehead atoms. The van der Waals surface area contributed by atoms with Gasteiger partial charge in [0.15, 0.2) is 0 Å². The van der Waals surface area contributed by atoms with Crippen molar-refractivity contribution < 1.29 is 24.5 Å². The average Bonchev–Trinajstić information content (AvgIpc) is 2.75. The number of carboxylic acid groups (broad SMARTS) is 1. The summed E-state index contributed by atoms with van der Waals surface area (Å²) in [6, 6.07) is 14.1. The molecule has 0 saturated carbocycles. The summed E-state index contributed by atoms with van der Waals surface area (Å²) in [5, 5.41) is 21.8. The van der Waals surface area contributed by atoms with Crippen molar-refractivity contribution in [3.05, 3.63) is 54.6 Å². The molecule has 2 unspecified atom stereocenters. The molecule has 0 aromatic heterocycles. The standard InChI is InChI=1S/C23H29NO5/c25-22(26)12-3-1-2-8-19(23(27)24-13-15-28-16-14-24)17-29-21-11-6-9-18-7-4-5-10-20(18)21/h3-7,9-12,19,23,27H,1-2,8,13-17H2,(H,25,26)/b12-3+. The lowest BCUT2D eigenvalue weighted by molar-refractivity contribution is -0.131. The number of carbonyl (C=O) groups is 1. The number of aliphatic hydroxyl groups is 1. The van der Waals surface area contributed by atoms with Crippen LogP contribution in [-0.2, 0) is 9.53 Å². The molecule has 1 aliphatic heterocycles. The molecule has 29 heavy (non-hydrogen) atoms. The summed E-state index contributed by atoms with van der Waals surface area (Å²) in [4.78, 5) is 12.6. The van der Waals surface area contributed by atoms with Gasteiger partial charge in [0.1, 0.15) is 12.0 Å². The van der Waals surface area contributed by atoms with E-state index in [-0.39, 0.29) is 5.92 Å². The molecular weight excluding hydrogens is 370 g/mol. The van der Waals surface area contributed by atoms with Gasteiger partial charge in [-0.1, -0.05) is 42.5 Å². The maximum absolute atomic E-state index is 10.9. The van der Waals surface area contributed by atoms with Crippen molar-refractivity contribution in [2.45, 2.75) is 25.5 Å². The van der Waals surface area contributed by atoms with Crippen LogP contribution in [0, 0.1) is 5.92 Å². The molecule has 1 fully saturated rings. The number of aliphatic hydroxyl groups excluding tert-OH is 1. The molecule has 2 aromatic carbocycles. The number of ether oxygens (including phenoxy) is 2. The lowest BCUT2D eigenvalue weighted by Gasteiger charge is -2.35. The molecule has 1 saturated heterocycles. The zero-order valence-electron chi connectivity index (χ0n) is 16.6. The largest absolute Gasteiger partial charge is 0.492 e. The van der Waals surface area contributed by atoms with Crippen LogP contribution in [0.2, 0.25) is 0 Å². The van der Waals surface area contributed by atoms with E-state index in [9.17, 15) is 9.90 Å². The average molecular weight is 399 g/mol. The number of nitrogens with zero attached hydrogens (tertiary/aromatic N) is 1. The van der Waals surface area contributed by atoms with E-state index in [0.717, 1.165) is 29.4 Å². The summed E-state index contributed by atoms with van der Waals surface area (Å²) in [7, 11) is 0. The van der Waals surface area contributed by atoms with Gasteiger partial charge in [0, 0.05) is 30.5 Å². The number of morpholine rings is 1. The Balaban J connectivity index is 1.65. The number of carboxylic acids is 1. The number of benzene rings is 2. The highest BCUT2D eigenvalue weighted by atomic mass is 16.5. The fourth-order valence-electron chi connectivity index (χ4n) is 3.66. The van der Waals surface area contributed by atoms with Gasteiger partial charge in [0.25, 0.3) is 0 Å². The first kappa shape index (κ1) is 21.3. The van der Waals surface area contributed by atoms with Gasteiger partial charge < -0.3 is 19.7 Å². The number of fused-ring (bicyclic) bond motifs is 1. The second-order valence-electron chi connectivity index (χ2n) is 7.28. The number of unbranched alkanes of at least 4 members (excludes halogenated alkanes) is 1. The Labute approximate surface area is 171 Å². The predicted octanol–water partition coefficient (Wildman–Crippen LogP) is 3.30. The van der Waals surface area contributed by atoms with E-state index < -0.39 is 12.2 Å². The Morgan fingerprint density at radius 1 is 1.17 bits per heavy atom. The fraction of sp³-hybridized carbons (Fsp3) is 0.435. The quantitative estimate of drug-likeness (QED) is 0.471. The Morgan fingerprint density at radius 3 is 2.72 bits per heavy atom. The number of hydrogen-bond donors (Lipinski definition) is 2. The topological polar surface area (TPSA) is 79.2 Å². The lowest BCUT2D eigenvalue weighted by atomic mass is 9.99. The third-order valence-corrected chi connectivity index (χ3v) is 5.25. The van der Waals surface area contributed by atoms with Crippen LogP contribution in [0.1, 0.15) is 19.3 Å². The van der Waals surface area contributed by atoms with Gasteiger partial charge in [-0.05, 0) is 30.7 Å². The summed E-state index contributed by atoms with van der Waals surface area (Å²) in [5.41, 5.74) is 0. The number of hydrogen-bond acceptors (Lipinski definition) is 5. The molecule has 6 nitrogen and oxygen atoms in total. The van der Waals surface area contributed by atoms with Crippen LogP contribution in [-0.4, -0.2) is 60.2 Å². The summed E-state index contributed by atoms with van der Waals surface area (Å²) >= 11 is 0. The molecule has 1 aliphatic rings. The summed E-state index contributed by atoms with van der Waals surface area (Å²) < 4.78 is 11.6. The normalized spacial score (nSPS) is 17.4. The maximum Gasteiger partial charge on any atom is 0.327 e. The van der Waals surface area contributed by atoms with Crippen molar-refractivity contribution in [2.24, 2.45) is 5.92 Å². The Morgan fingerprint density at radius 2 is 1.93 bits per heavy atom. The third-order valence-electron chi connectivity index (χ3n) is 5.25. The van der Waals surface area contributed by atoms with Gasteiger partial charge in [0.2, 0.25) is 0 Å². The molecule has 0 amide bonds. The summed E-state index contributed by atoms with van der Waals surface area (Å²) in [6.07, 6.45) is 4.40. The summed E-state index contributed by atoms with van der Waals surface area (Å²) in [5.74, 6) is -0.201. The Hall–Kier alpha value is -2.41. The first-order valence-electron chi connectivity index (χ1n) is 10.1. The van der Waals surface area contributed by atoms with E-state index >= 15 is 0 Å². The first-order chi connectivity index (χ1) is 14.1. The van der Waals surface area contributed by atoms with Gasteiger partial charge in [0.05, 0.1) is 19.8 Å². The van der Waals surface area contributed by atoms with Crippen LogP contribution >= 0.6 is 0 Å². The molecule has 2 atom stereocenters. The smallest absolute Gasteiger partial charge is 0.327 e. The van der Waals surface area contributed by atoms with Crippen LogP contribution in [0.4, 0.5) is 0 Å². The van der Waals surface area contributed by atoms with E-state index in [4.69, 9.17) is 14.6 Å². The molecule has 0 radical (unpaired) electrons. The molecule has 156 valence electrons. The zero-order chi connectivity index (χ0) is 20.5. The molecule has 0 aliphatic carbocycles. The summed E-state index contributed by atoms with van der Waals surface area (Å²) in [6.45, 7) is 3.04. The van der Waals surface area contributed by atoms with Gasteiger partial charge >= 0.3 is 5.97 Å². The molecule has 1 heterocycles. The first-order valence-corrected chi connectivity index (χ1v) is 10.1. The minimum Gasteiger partial charge on any atom is -0.492 e. The van der Waals surface area contributed by atoms with Gasteiger partial charge in [-0.2, -0.15) is 0 Å². The van der Waals surface area contributed by atoms with Crippen LogP contribution in [0.5, 0.6) is 5.75 Å². The predicted molar refractivity (Wildman–Crippen MR) is 112 cm³/mol. The number of rotatable bonds is 10. The highest BCUT2D eigenvalue weighted by Crippen LogP contribution is 2.27. The molecule has 2 N–H and O–H groups in total. The van der Waals surface area contributed by atoms with Gasteiger partial charge in [-0.3, -0.25) is 4.90 Å². The third kappa shape index (κ3) is 6.29. The van der Waals surface area contributed by atoms with E-state index in [1.807, 2.05) is 35.2 Å². The van der Waals surface area contributed by atoms with E-state index in [0.29, 0.717) is 39.3 Å². The van der Waals surface area contributed by atoms with Crippen molar-refractivity contribution in [2.75, 3.05) is 32.9 Å². The van der Waals surface area contributed by atoms with Crippen LogP contribution < -0.4 is 4.74 Å². The van der Waals surface area contributed by atoms with E-state index in [1.54, 1.807) is 6.08 Å². The van der Waals surface area contributed by atoms with Gasteiger partial charge in [-0.25, -0.2) is 4.79 Å². The van der Waals surface area contributed by atoms with Crippen molar-refractivity contribution in [3.63, 3.8) is 0 Å². The van der Waals surface area contributed by atoms with Crippen LogP contribution in [0.3, 0.4) is 0 Å². The van der Waals surface area contributed by atoms with Crippen molar-refractivity contribution >= 4 is 16.7 Å². The highest BCUT2D eigenvalue weighted by Gasteiger charge is 2.27. The second-order valence-corrected chi connectivity index (χ2v) is 7.28. The minimum atomic E-state index is -0.936. The highest BCUT2D eigenvalue weighted by molar-refractivity contribution is 5.88. The Kier molecular flexibility index (Phi) is 8.04. The van der Waals surface area contributed by atoms with E-state index in [1.165, 1.54) is 6.08 Å². The van der Waals surface area contributed by atoms with Crippen molar-refractivity contribution in [3.8, 4) is 5.75 Å². The lowest BCUT2D eigenvalue weighted by Crippen LogP contribution is -2.48. The van der Waals surface area contributed by atoms with Gasteiger partial charge in [-0.15, -0.1) is 0 Å². The van der Waals surface area contributed by atoms with Crippen molar-refractivity contribution in [1.29, 1.82) is 0 Å². The Bertz CT molecular complexity index is 811. The maximum atomic E-state index is 10.9. The number of allylic oxidation sites excluding steroid dienone is 1. The number of aliphatic carboxylic acids is 1. The second kappa shape index (κ2) is 11.0. The molecule has 3 rings (SSSR count). The minimum absolute atomic E-state index is 0.0784. The SMILES string of the molecule is O=C(O)/C=C/CCCC(COc1cccc2ccccc12)C(O)N1CCOCC1. The molecule has 2 aromatic rings. The van der Waals surface area contributed by atoms with Crippen LogP contribution in [0.25, 0.3) is 10.8 Å².